The molecule has 0 bridgehead atoms. The van der Waals surface area contributed by atoms with E-state index in [-0.39, 0.29) is 22.5 Å². The number of nitrogen functional groups attached to an aromatic ring is 1. The van der Waals surface area contributed by atoms with Gasteiger partial charge in [-0.25, -0.2) is 24.5 Å². The minimum atomic E-state index is -5.03. The number of rotatable bonds is 18. The maximum absolute atomic E-state index is 13.3. The zero-order valence-electron chi connectivity index (χ0n) is 28.8. The number of oxime groups is 1. The molecular weight excluding hydrogens is 739 g/mol. The number of nitrogens with zero attached hydrogens (tertiary/aromatic N) is 4. The van der Waals surface area contributed by atoms with Crippen LogP contribution in [0.4, 0.5) is 10.9 Å². The van der Waals surface area contributed by atoms with E-state index in [0.717, 1.165) is 35.3 Å². The lowest BCUT2D eigenvalue weighted by molar-refractivity contribution is -0.656. The Hall–Kier alpha value is -5.26. The van der Waals surface area contributed by atoms with Crippen LogP contribution in [-0.2, 0) is 45.7 Å². The molecule has 1 aromatic carbocycles. The number of benzene rings is 1. The molecule has 2 unspecified atom stereocenters. The van der Waals surface area contributed by atoms with E-state index in [9.17, 15) is 32.7 Å². The van der Waals surface area contributed by atoms with E-state index in [0.29, 0.717) is 23.8 Å². The molecule has 1 saturated heterocycles. The van der Waals surface area contributed by atoms with Gasteiger partial charge in [-0.15, -0.1) is 15.6 Å². The predicted molar refractivity (Wildman–Crippen MR) is 189 cm³/mol. The first-order chi connectivity index (χ1) is 24.9. The van der Waals surface area contributed by atoms with Gasteiger partial charge in [0.2, 0.25) is 0 Å². The number of anilines is 2. The lowest BCUT2D eigenvalue weighted by Gasteiger charge is -2.50. The van der Waals surface area contributed by atoms with Crippen LogP contribution in [0.1, 0.15) is 38.8 Å². The zero-order valence-corrected chi connectivity index (χ0v) is 30.4. The Balaban J connectivity index is 1.40. The van der Waals surface area contributed by atoms with Crippen LogP contribution < -0.4 is 37.1 Å². The highest BCUT2D eigenvalue weighted by Crippen LogP contribution is 2.33. The smallest absolute Gasteiger partial charge is 0.418 e. The summed E-state index contributed by atoms with van der Waals surface area (Å²) in [6.07, 6.45) is 2.16. The Morgan fingerprint density at radius 3 is 2.40 bits per heavy atom. The highest BCUT2D eigenvalue weighted by atomic mass is 32.3. The van der Waals surface area contributed by atoms with E-state index >= 15 is 0 Å². The Labute approximate surface area is 307 Å². The number of thiazole rings is 1. The normalized spacial score (nSPS) is 16.6. The van der Waals surface area contributed by atoms with Crippen molar-refractivity contribution in [2.75, 3.05) is 24.2 Å². The van der Waals surface area contributed by atoms with Gasteiger partial charge in [-0.1, -0.05) is 23.7 Å². The number of amides is 3. The summed E-state index contributed by atoms with van der Waals surface area (Å²) in [6.45, 7) is 2.70. The van der Waals surface area contributed by atoms with Crippen LogP contribution in [0.5, 0.6) is 5.75 Å². The summed E-state index contributed by atoms with van der Waals surface area (Å²) in [6, 6.07) is 8.25. The van der Waals surface area contributed by atoms with Gasteiger partial charge in [0.25, 0.3) is 23.7 Å². The molecule has 22 heteroatoms. The molecule has 0 aliphatic carbocycles. The number of nitrogens with one attached hydrogen (secondary N) is 2. The van der Waals surface area contributed by atoms with Crippen LogP contribution in [-0.4, -0.2) is 94.4 Å². The number of carboxylic acid groups (broad SMARTS) is 1. The van der Waals surface area contributed by atoms with E-state index in [2.05, 4.69) is 25.1 Å². The van der Waals surface area contributed by atoms with Gasteiger partial charge < -0.3 is 37.2 Å². The fourth-order valence-corrected chi connectivity index (χ4v) is 5.97. The van der Waals surface area contributed by atoms with E-state index in [4.69, 9.17) is 31.3 Å². The highest BCUT2D eigenvalue weighted by molar-refractivity contribution is 7.80. The van der Waals surface area contributed by atoms with Crippen molar-refractivity contribution in [3.63, 3.8) is 0 Å². The first-order valence-corrected chi connectivity index (χ1v) is 18.1. The third-order valence-electron chi connectivity index (χ3n) is 7.93. The molecule has 286 valence electrons. The fraction of sp³-hybridized carbons (Fsp3) is 0.387. The topological polar surface area (TPSA) is 305 Å². The largest absolute Gasteiger partial charge is 0.489 e. The Kier molecular flexibility index (Phi) is 13.0. The maximum atomic E-state index is 13.3. The van der Waals surface area contributed by atoms with Gasteiger partial charge in [0, 0.05) is 17.0 Å². The van der Waals surface area contributed by atoms with Gasteiger partial charge in [-0.05, 0) is 57.0 Å². The lowest BCUT2D eigenvalue weighted by atomic mass is 9.84. The Morgan fingerprint density at radius 2 is 1.83 bits per heavy atom. The highest BCUT2D eigenvalue weighted by Gasteiger charge is 2.58. The van der Waals surface area contributed by atoms with Crippen molar-refractivity contribution in [1.29, 1.82) is 0 Å². The summed E-state index contributed by atoms with van der Waals surface area (Å²) in [7, 11) is -3.26. The van der Waals surface area contributed by atoms with Gasteiger partial charge in [0.05, 0.1) is 18.8 Å². The molecule has 10 N–H and O–H groups in total. The lowest BCUT2D eigenvalue weighted by Crippen LogP contribution is -2.76. The van der Waals surface area contributed by atoms with Gasteiger partial charge in [-0.3, -0.25) is 14.1 Å². The molecule has 3 aromatic rings. The van der Waals surface area contributed by atoms with Gasteiger partial charge in [0.15, 0.2) is 10.8 Å². The summed E-state index contributed by atoms with van der Waals surface area (Å²) in [4.78, 5) is 59.5. The second-order valence-corrected chi connectivity index (χ2v) is 14.2. The molecule has 2 aromatic heterocycles. The number of nitrogens with two attached hydrogens (primary N) is 3. The average Bonchev–Trinajstić information content (AvgIpc) is 3.53. The summed E-state index contributed by atoms with van der Waals surface area (Å²) >= 11 is 0.945. The number of carbonyl (C=O) groups is 4. The number of aliphatic carboxylic acids is 1. The molecule has 0 spiro atoms. The van der Waals surface area contributed by atoms with Gasteiger partial charge >= 0.3 is 22.3 Å². The first kappa shape index (κ1) is 40.5. The molecule has 1 aliphatic rings. The van der Waals surface area contributed by atoms with Crippen LogP contribution in [0.15, 0.2) is 53.1 Å². The molecule has 3 atom stereocenters. The monoisotopic (exact) mass is 778 g/mol. The van der Waals surface area contributed by atoms with E-state index in [1.165, 1.54) is 19.2 Å². The minimum Gasteiger partial charge on any atom is -0.489 e. The van der Waals surface area contributed by atoms with Crippen LogP contribution in [0.25, 0.3) is 11.1 Å². The number of aromatic nitrogens is 2. The summed E-state index contributed by atoms with van der Waals surface area (Å²) in [5.74, 6) is -2.99. The first-order valence-electron chi connectivity index (χ1n) is 15.9. The molecule has 3 heterocycles. The molecule has 1 aliphatic heterocycles. The molecule has 3 amide bonds. The molecular formula is C31H40N9O11S2+. The number of aryl methyl sites for hydroxylation is 1. The van der Waals surface area contributed by atoms with Crippen LogP contribution in [0, 0.1) is 0 Å². The summed E-state index contributed by atoms with van der Waals surface area (Å²) < 4.78 is 42.9. The number of hydroxylamine groups is 2. The van der Waals surface area contributed by atoms with Gasteiger partial charge in [-0.2, -0.15) is 13.5 Å². The van der Waals surface area contributed by atoms with Gasteiger partial charge in [0.1, 0.15) is 30.1 Å². The SMILES string of the molecule is C[n+]1cc(-c2ccc(OC[C@H](O/N=C(\C(=O)NC3C(=O)N(OS(=O)(=O)O)C3(C)C)c3csc(N)n3)C(=O)O)cc2)ccc1NC(=O)C(N)CCCCN. The van der Waals surface area contributed by atoms with E-state index < -0.39 is 64.2 Å². The van der Waals surface area contributed by atoms with Crippen molar-refractivity contribution in [2.24, 2.45) is 23.7 Å². The second-order valence-electron chi connectivity index (χ2n) is 12.3. The molecule has 53 heavy (non-hydrogen) atoms. The molecule has 0 radical (unpaired) electrons. The van der Waals surface area contributed by atoms with E-state index in [1.54, 1.807) is 41.9 Å². The second kappa shape index (κ2) is 17.0. The van der Waals surface area contributed by atoms with Crippen molar-refractivity contribution in [2.45, 2.75) is 56.8 Å². The van der Waals surface area contributed by atoms with Crippen molar-refractivity contribution in [3.05, 3.63) is 53.7 Å². The minimum absolute atomic E-state index is 0.0424. The number of pyridine rings is 1. The molecule has 4 rings (SSSR count). The number of ether oxygens (including phenoxy) is 1. The number of carbonyl (C=O) groups excluding carboxylic acids is 3. The third kappa shape index (κ3) is 10.4. The maximum Gasteiger partial charge on any atom is 0.418 e. The molecule has 1 fully saturated rings. The quantitative estimate of drug-likeness (QED) is 0.0218. The number of carboxylic acids is 1. The Bertz CT molecular complexity index is 1970. The van der Waals surface area contributed by atoms with Crippen molar-refractivity contribution in [3.8, 4) is 16.9 Å². The van der Waals surface area contributed by atoms with E-state index in [1.807, 2.05) is 12.3 Å². The third-order valence-corrected chi connectivity index (χ3v) is 8.94. The number of hydrogen-bond donors (Lipinski definition) is 7. The zero-order chi connectivity index (χ0) is 39.1. The average molecular weight is 779 g/mol. The summed E-state index contributed by atoms with van der Waals surface area (Å²) in [5.41, 5.74) is 16.7. The number of hydrogen-bond acceptors (Lipinski definition) is 15. The van der Waals surface area contributed by atoms with Crippen LogP contribution >= 0.6 is 11.3 Å². The molecule has 0 saturated carbocycles. The molecule has 20 nitrogen and oxygen atoms in total. The Morgan fingerprint density at radius 1 is 1.15 bits per heavy atom. The van der Waals surface area contributed by atoms with Crippen LogP contribution in [0.3, 0.4) is 0 Å². The fourth-order valence-electron chi connectivity index (χ4n) is 4.97. The van der Waals surface area contributed by atoms with Crippen molar-refractivity contribution >= 4 is 62.1 Å². The number of unbranched alkanes of at least 4 members (excludes halogenated alkanes) is 1. The van der Waals surface area contributed by atoms with Crippen LogP contribution in [0.2, 0.25) is 0 Å². The predicted octanol–water partition coefficient (Wildman–Crippen LogP) is -0.295. The standard InChI is InChI=1S/C31H39N9O11S2/c1-31(2)25(28(43)40(31)51-53(46,47)48)37-27(42)24(21-16-52-30(34)35-21)38-50-22(29(44)45)15-49-19-10-7-17(8-11-19)18-9-12-23(39(3)14-18)36-26(41)20(33)6-4-5-13-32/h7-12,14,16,20,22,25H,4-6,13,15,32-33H2,1-3H3,(H5,34,35,37,42,44,45,46,47,48)/p+1/b38-24-/t20?,22-,25?/m0/s1. The van der Waals surface area contributed by atoms with Crippen molar-refractivity contribution < 1.29 is 55.7 Å². The number of β-lactam (4-membered cyclic amide) rings is 1. The van der Waals surface area contributed by atoms with Crippen molar-refractivity contribution in [1.82, 2.24) is 15.4 Å². The summed E-state index contributed by atoms with van der Waals surface area (Å²) in [5, 5.41) is 20.4.